The Morgan fingerprint density at radius 2 is 2.50 bits per heavy atom. The first kappa shape index (κ1) is 12.4. The Bertz CT molecular complexity index is 330. The third kappa shape index (κ3) is 4.68. The van der Waals surface area contributed by atoms with E-state index in [0.29, 0.717) is 0 Å². The van der Waals surface area contributed by atoms with E-state index < -0.39 is 0 Å². The number of furan rings is 1. The van der Waals surface area contributed by atoms with Crippen LogP contribution in [-0.4, -0.2) is 19.1 Å². The quantitative estimate of drug-likeness (QED) is 0.591. The Balaban J connectivity index is 2.18. The fourth-order valence-electron chi connectivity index (χ4n) is 1.25. The number of aryl methyl sites for hydroxylation is 1. The Hall–Kier alpha value is -1.71. The normalized spacial score (nSPS) is 12.6. The van der Waals surface area contributed by atoms with Gasteiger partial charge in [0, 0.05) is 24.7 Å². The lowest BCUT2D eigenvalue weighted by Gasteiger charge is -2.09. The first-order valence-corrected chi connectivity index (χ1v) is 5.25. The van der Waals surface area contributed by atoms with Gasteiger partial charge < -0.3 is 14.5 Å². The van der Waals surface area contributed by atoms with Crippen molar-refractivity contribution < 1.29 is 13.9 Å². The van der Waals surface area contributed by atoms with E-state index in [1.807, 2.05) is 19.1 Å². The smallest absolute Gasteiger partial charge is 0.331 e. The van der Waals surface area contributed by atoms with E-state index in [4.69, 9.17) is 4.42 Å². The van der Waals surface area contributed by atoms with Crippen molar-refractivity contribution in [1.29, 1.82) is 0 Å². The average molecular weight is 223 g/mol. The van der Waals surface area contributed by atoms with Gasteiger partial charge in [0.05, 0.1) is 13.4 Å². The highest BCUT2D eigenvalue weighted by atomic mass is 16.5. The van der Waals surface area contributed by atoms with Crippen LogP contribution < -0.4 is 5.32 Å². The van der Waals surface area contributed by atoms with Crippen LogP contribution in [0.2, 0.25) is 0 Å². The van der Waals surface area contributed by atoms with Gasteiger partial charge in [0.15, 0.2) is 0 Å². The Labute approximate surface area is 95.3 Å². The molecule has 16 heavy (non-hydrogen) atoms. The molecule has 88 valence electrons. The summed E-state index contributed by atoms with van der Waals surface area (Å²) in [5.74, 6) is 0.622. The fraction of sp³-hybridized carbons (Fsp3) is 0.417. The zero-order valence-electron chi connectivity index (χ0n) is 9.60. The second-order valence-corrected chi connectivity index (χ2v) is 3.54. The van der Waals surface area contributed by atoms with Gasteiger partial charge in [-0.2, -0.15) is 0 Å². The van der Waals surface area contributed by atoms with Crippen LogP contribution in [0, 0.1) is 0 Å². The predicted octanol–water partition coefficient (Wildman–Crippen LogP) is 1.88. The van der Waals surface area contributed by atoms with Crippen LogP contribution in [0.4, 0.5) is 0 Å². The van der Waals surface area contributed by atoms with Crippen LogP contribution >= 0.6 is 0 Å². The van der Waals surface area contributed by atoms with Crippen LogP contribution in [0.15, 0.2) is 35.1 Å². The topological polar surface area (TPSA) is 51.5 Å². The van der Waals surface area contributed by atoms with Crippen molar-refractivity contribution >= 4 is 5.97 Å². The minimum atomic E-state index is -0.356. The highest BCUT2D eigenvalue weighted by Crippen LogP contribution is 2.05. The van der Waals surface area contributed by atoms with Crippen molar-refractivity contribution in [2.75, 3.05) is 7.11 Å². The zero-order chi connectivity index (χ0) is 11.8. The van der Waals surface area contributed by atoms with Gasteiger partial charge in [0.1, 0.15) is 5.76 Å². The molecule has 1 aromatic rings. The molecule has 1 aromatic heterocycles. The van der Waals surface area contributed by atoms with Gasteiger partial charge in [0.2, 0.25) is 0 Å². The molecular weight excluding hydrogens is 206 g/mol. The standard InChI is InChI=1S/C12H17NO3/c1-10(13-8-7-12(14)15-2)5-6-11-4-3-9-16-11/h3-4,7-10,13H,5-6H2,1-2H3/b8-7+. The van der Waals surface area contributed by atoms with Gasteiger partial charge in [-0.05, 0) is 25.5 Å². The Morgan fingerprint density at radius 1 is 1.69 bits per heavy atom. The highest BCUT2D eigenvalue weighted by molar-refractivity contribution is 5.81. The van der Waals surface area contributed by atoms with Crippen LogP contribution in [0.5, 0.6) is 0 Å². The van der Waals surface area contributed by atoms with Gasteiger partial charge in [-0.3, -0.25) is 0 Å². The molecule has 1 atom stereocenters. The molecule has 1 heterocycles. The molecule has 0 fully saturated rings. The maximum Gasteiger partial charge on any atom is 0.331 e. The SMILES string of the molecule is COC(=O)/C=C/NC(C)CCc1ccco1. The lowest BCUT2D eigenvalue weighted by atomic mass is 10.1. The first-order chi connectivity index (χ1) is 7.72. The van der Waals surface area contributed by atoms with Gasteiger partial charge in [-0.25, -0.2) is 4.79 Å². The summed E-state index contributed by atoms with van der Waals surface area (Å²) in [6.45, 7) is 2.05. The van der Waals surface area contributed by atoms with E-state index >= 15 is 0 Å². The predicted molar refractivity (Wildman–Crippen MR) is 60.8 cm³/mol. The molecule has 0 spiro atoms. The molecule has 1 rings (SSSR count). The summed E-state index contributed by atoms with van der Waals surface area (Å²) in [7, 11) is 1.35. The largest absolute Gasteiger partial charge is 0.469 e. The summed E-state index contributed by atoms with van der Waals surface area (Å²) in [6.07, 6.45) is 6.47. The minimum Gasteiger partial charge on any atom is -0.469 e. The number of hydrogen-bond donors (Lipinski definition) is 1. The molecule has 0 aromatic carbocycles. The molecule has 1 unspecified atom stereocenters. The molecule has 4 nitrogen and oxygen atoms in total. The molecule has 0 aliphatic heterocycles. The second-order valence-electron chi connectivity index (χ2n) is 3.54. The summed E-state index contributed by atoms with van der Waals surface area (Å²) in [6, 6.07) is 4.12. The highest BCUT2D eigenvalue weighted by Gasteiger charge is 2.01. The third-order valence-electron chi connectivity index (χ3n) is 2.21. The van der Waals surface area contributed by atoms with E-state index in [0.717, 1.165) is 18.6 Å². The average Bonchev–Trinajstić information content (AvgIpc) is 2.79. The molecule has 0 amide bonds. The van der Waals surface area contributed by atoms with Crippen LogP contribution in [0.3, 0.4) is 0 Å². The first-order valence-electron chi connectivity index (χ1n) is 5.25. The molecule has 0 saturated carbocycles. The number of nitrogens with one attached hydrogen (secondary N) is 1. The zero-order valence-corrected chi connectivity index (χ0v) is 9.60. The second kappa shape index (κ2) is 6.71. The number of methoxy groups -OCH3 is 1. The number of rotatable bonds is 6. The number of hydrogen-bond acceptors (Lipinski definition) is 4. The molecule has 0 radical (unpaired) electrons. The Morgan fingerprint density at radius 3 is 3.12 bits per heavy atom. The third-order valence-corrected chi connectivity index (χ3v) is 2.21. The van der Waals surface area contributed by atoms with Gasteiger partial charge in [-0.15, -0.1) is 0 Å². The van der Waals surface area contributed by atoms with Crippen molar-refractivity contribution in [3.05, 3.63) is 36.4 Å². The summed E-state index contributed by atoms with van der Waals surface area (Å²) < 4.78 is 9.69. The van der Waals surface area contributed by atoms with Gasteiger partial charge in [0.25, 0.3) is 0 Å². The van der Waals surface area contributed by atoms with Gasteiger partial charge in [-0.1, -0.05) is 0 Å². The maximum absolute atomic E-state index is 10.8. The molecular formula is C12H17NO3. The molecule has 0 aliphatic carbocycles. The number of ether oxygens (including phenoxy) is 1. The fourth-order valence-corrected chi connectivity index (χ4v) is 1.25. The van der Waals surface area contributed by atoms with E-state index in [-0.39, 0.29) is 12.0 Å². The lowest BCUT2D eigenvalue weighted by molar-refractivity contribution is -0.134. The van der Waals surface area contributed by atoms with E-state index in [9.17, 15) is 4.79 Å². The van der Waals surface area contributed by atoms with Crippen molar-refractivity contribution in [2.45, 2.75) is 25.8 Å². The van der Waals surface area contributed by atoms with Crippen LogP contribution in [0.25, 0.3) is 0 Å². The number of esters is 1. The maximum atomic E-state index is 10.8. The summed E-state index contributed by atoms with van der Waals surface area (Å²) >= 11 is 0. The molecule has 0 aliphatic rings. The molecule has 0 bridgehead atoms. The van der Waals surface area contributed by atoms with E-state index in [1.54, 1.807) is 12.5 Å². The van der Waals surface area contributed by atoms with E-state index in [1.165, 1.54) is 13.2 Å². The van der Waals surface area contributed by atoms with Crippen LogP contribution in [0.1, 0.15) is 19.1 Å². The lowest BCUT2D eigenvalue weighted by Crippen LogP contribution is -2.21. The number of carbonyl (C=O) groups is 1. The molecule has 1 N–H and O–H groups in total. The number of carbonyl (C=O) groups excluding carboxylic acids is 1. The summed E-state index contributed by atoms with van der Waals surface area (Å²) in [5, 5.41) is 3.09. The monoisotopic (exact) mass is 223 g/mol. The van der Waals surface area contributed by atoms with Gasteiger partial charge >= 0.3 is 5.97 Å². The summed E-state index contributed by atoms with van der Waals surface area (Å²) in [5.41, 5.74) is 0. The molecule has 0 saturated heterocycles. The van der Waals surface area contributed by atoms with Crippen molar-refractivity contribution in [3.8, 4) is 0 Å². The molecule has 4 heteroatoms. The van der Waals surface area contributed by atoms with Crippen molar-refractivity contribution in [2.24, 2.45) is 0 Å². The summed E-state index contributed by atoms with van der Waals surface area (Å²) in [4.78, 5) is 10.8. The minimum absolute atomic E-state index is 0.283. The van der Waals surface area contributed by atoms with Crippen LogP contribution in [-0.2, 0) is 16.0 Å². The Kier molecular flexibility index (Phi) is 5.19. The van der Waals surface area contributed by atoms with Crippen molar-refractivity contribution in [3.63, 3.8) is 0 Å². The van der Waals surface area contributed by atoms with E-state index in [2.05, 4.69) is 10.1 Å². The van der Waals surface area contributed by atoms with Crippen molar-refractivity contribution in [1.82, 2.24) is 5.32 Å².